The molecule has 7 heteroatoms. The van der Waals surface area contributed by atoms with E-state index in [2.05, 4.69) is 4.98 Å². The number of alkyl halides is 3. The Hall–Kier alpha value is -2.83. The van der Waals surface area contributed by atoms with Crippen molar-refractivity contribution < 1.29 is 13.2 Å². The van der Waals surface area contributed by atoms with Gasteiger partial charge in [-0.3, -0.25) is 9.36 Å². The third-order valence-corrected chi connectivity index (χ3v) is 3.18. The Morgan fingerprint density at radius 2 is 1.64 bits per heavy atom. The number of benzene rings is 2. The Balaban J connectivity index is 2.43. The Morgan fingerprint density at radius 1 is 1.00 bits per heavy atom. The third kappa shape index (κ3) is 2.30. The van der Waals surface area contributed by atoms with Gasteiger partial charge in [0.15, 0.2) is 0 Å². The van der Waals surface area contributed by atoms with Crippen molar-refractivity contribution >= 4 is 16.6 Å². The minimum absolute atomic E-state index is 0.00604. The first-order valence-electron chi connectivity index (χ1n) is 6.33. The topological polar surface area (TPSA) is 60.9 Å². The van der Waals surface area contributed by atoms with Crippen molar-refractivity contribution in [1.29, 1.82) is 0 Å². The van der Waals surface area contributed by atoms with E-state index in [-0.39, 0.29) is 16.6 Å². The molecule has 0 aliphatic rings. The maximum atomic E-state index is 13.3. The first-order chi connectivity index (χ1) is 10.4. The van der Waals surface area contributed by atoms with Crippen LogP contribution in [0.3, 0.4) is 0 Å². The Morgan fingerprint density at radius 3 is 2.27 bits per heavy atom. The SMILES string of the molecule is Nc1ccc(-n2c(C(F)(F)F)nc3ccccc3c2=O)cc1. The van der Waals surface area contributed by atoms with Crippen LogP contribution in [0.2, 0.25) is 0 Å². The summed E-state index contributed by atoms with van der Waals surface area (Å²) < 4.78 is 40.4. The predicted octanol–water partition coefficient (Wildman–Crippen LogP) is 2.99. The van der Waals surface area contributed by atoms with Gasteiger partial charge in [0.25, 0.3) is 5.56 Å². The molecule has 0 saturated carbocycles. The molecule has 112 valence electrons. The number of hydrogen-bond acceptors (Lipinski definition) is 3. The third-order valence-electron chi connectivity index (χ3n) is 3.18. The van der Waals surface area contributed by atoms with Gasteiger partial charge in [0.1, 0.15) is 0 Å². The minimum atomic E-state index is -4.76. The molecule has 0 bridgehead atoms. The lowest BCUT2D eigenvalue weighted by atomic mass is 10.2. The van der Waals surface area contributed by atoms with E-state index in [0.29, 0.717) is 10.3 Å². The lowest BCUT2D eigenvalue weighted by Crippen LogP contribution is -2.28. The summed E-state index contributed by atoms with van der Waals surface area (Å²) in [6.07, 6.45) is -4.76. The first-order valence-corrected chi connectivity index (χ1v) is 6.33. The van der Waals surface area contributed by atoms with Crippen LogP contribution in [0.25, 0.3) is 16.6 Å². The zero-order chi connectivity index (χ0) is 15.9. The number of anilines is 1. The Bertz CT molecular complexity index is 899. The van der Waals surface area contributed by atoms with Crippen LogP contribution in [0, 0.1) is 0 Å². The molecule has 0 radical (unpaired) electrons. The molecule has 0 spiro atoms. The van der Waals surface area contributed by atoms with Crippen molar-refractivity contribution in [3.8, 4) is 5.69 Å². The molecule has 2 aromatic carbocycles. The van der Waals surface area contributed by atoms with Crippen LogP contribution < -0.4 is 11.3 Å². The zero-order valence-corrected chi connectivity index (χ0v) is 11.1. The highest BCUT2D eigenvalue weighted by Gasteiger charge is 2.37. The molecule has 0 amide bonds. The molecule has 4 nitrogen and oxygen atoms in total. The van der Waals surface area contributed by atoms with E-state index in [9.17, 15) is 18.0 Å². The maximum absolute atomic E-state index is 13.3. The van der Waals surface area contributed by atoms with Gasteiger partial charge >= 0.3 is 6.18 Å². The number of para-hydroxylation sites is 1. The molecule has 1 aromatic heterocycles. The van der Waals surface area contributed by atoms with Crippen molar-refractivity contribution in [2.24, 2.45) is 0 Å². The van der Waals surface area contributed by atoms with Crippen molar-refractivity contribution in [2.45, 2.75) is 6.18 Å². The van der Waals surface area contributed by atoms with E-state index in [0.717, 1.165) is 0 Å². The van der Waals surface area contributed by atoms with Gasteiger partial charge in [-0.15, -0.1) is 0 Å². The molecular weight excluding hydrogens is 295 g/mol. The average Bonchev–Trinajstić information content (AvgIpc) is 2.47. The molecule has 0 aliphatic carbocycles. The van der Waals surface area contributed by atoms with Gasteiger partial charge in [-0.1, -0.05) is 12.1 Å². The second-order valence-corrected chi connectivity index (χ2v) is 4.68. The summed E-state index contributed by atoms with van der Waals surface area (Å²) in [5, 5.41) is 0.118. The summed E-state index contributed by atoms with van der Waals surface area (Å²) in [4.78, 5) is 16.1. The summed E-state index contributed by atoms with van der Waals surface area (Å²) in [6.45, 7) is 0. The van der Waals surface area contributed by atoms with E-state index in [4.69, 9.17) is 5.73 Å². The van der Waals surface area contributed by atoms with Gasteiger partial charge in [0.2, 0.25) is 5.82 Å². The summed E-state index contributed by atoms with van der Waals surface area (Å²) >= 11 is 0. The van der Waals surface area contributed by atoms with Gasteiger partial charge in [-0.25, -0.2) is 4.98 Å². The van der Waals surface area contributed by atoms with Gasteiger partial charge in [-0.05, 0) is 36.4 Å². The fraction of sp³-hybridized carbons (Fsp3) is 0.0667. The normalized spacial score (nSPS) is 11.8. The van der Waals surface area contributed by atoms with Gasteiger partial charge in [0, 0.05) is 5.69 Å². The smallest absolute Gasteiger partial charge is 0.399 e. The second-order valence-electron chi connectivity index (χ2n) is 4.68. The molecule has 0 unspecified atom stereocenters. The zero-order valence-electron chi connectivity index (χ0n) is 11.1. The van der Waals surface area contributed by atoms with E-state index in [1.807, 2.05) is 0 Å². The number of aromatic nitrogens is 2. The highest BCUT2D eigenvalue weighted by molar-refractivity contribution is 5.77. The van der Waals surface area contributed by atoms with Crippen LogP contribution in [0.5, 0.6) is 0 Å². The quantitative estimate of drug-likeness (QED) is 0.703. The maximum Gasteiger partial charge on any atom is 0.450 e. The van der Waals surface area contributed by atoms with E-state index >= 15 is 0 Å². The number of fused-ring (bicyclic) bond motifs is 1. The standard InChI is InChI=1S/C15H10F3N3O/c16-15(17,18)14-20-12-4-2-1-3-11(12)13(22)21(14)10-7-5-9(19)6-8-10/h1-8H,19H2. The van der Waals surface area contributed by atoms with Crippen LogP contribution in [0.4, 0.5) is 18.9 Å². The van der Waals surface area contributed by atoms with Crippen LogP contribution in [-0.4, -0.2) is 9.55 Å². The van der Waals surface area contributed by atoms with Crippen LogP contribution in [-0.2, 0) is 6.18 Å². The molecule has 1 heterocycles. The molecule has 22 heavy (non-hydrogen) atoms. The fourth-order valence-electron chi connectivity index (χ4n) is 2.19. The van der Waals surface area contributed by atoms with Crippen LogP contribution in [0.15, 0.2) is 53.3 Å². The summed E-state index contributed by atoms with van der Waals surface area (Å²) in [7, 11) is 0. The monoisotopic (exact) mass is 305 g/mol. The first kappa shape index (κ1) is 14.1. The van der Waals surface area contributed by atoms with E-state index < -0.39 is 17.6 Å². The lowest BCUT2D eigenvalue weighted by molar-refractivity contribution is -0.146. The number of nitrogen functional groups attached to an aromatic ring is 1. The highest BCUT2D eigenvalue weighted by atomic mass is 19.4. The molecule has 3 aromatic rings. The van der Waals surface area contributed by atoms with Crippen LogP contribution in [0.1, 0.15) is 5.82 Å². The van der Waals surface area contributed by atoms with Crippen LogP contribution >= 0.6 is 0 Å². The molecule has 0 aliphatic heterocycles. The van der Waals surface area contributed by atoms with Gasteiger partial charge in [-0.2, -0.15) is 13.2 Å². The fourth-order valence-corrected chi connectivity index (χ4v) is 2.19. The van der Waals surface area contributed by atoms with Crippen molar-refractivity contribution in [3.05, 3.63) is 64.7 Å². The average molecular weight is 305 g/mol. The molecule has 3 rings (SSSR count). The highest BCUT2D eigenvalue weighted by Crippen LogP contribution is 2.29. The number of nitrogens with zero attached hydrogens (tertiary/aromatic N) is 2. The van der Waals surface area contributed by atoms with Crippen molar-refractivity contribution in [1.82, 2.24) is 9.55 Å². The van der Waals surface area contributed by atoms with Gasteiger partial charge < -0.3 is 5.73 Å². The van der Waals surface area contributed by atoms with Crippen molar-refractivity contribution in [3.63, 3.8) is 0 Å². The van der Waals surface area contributed by atoms with Gasteiger partial charge in [0.05, 0.1) is 16.6 Å². The number of hydrogen-bond donors (Lipinski definition) is 1. The molecule has 0 atom stereocenters. The predicted molar refractivity (Wildman–Crippen MR) is 76.8 cm³/mol. The second kappa shape index (κ2) is 4.87. The number of nitrogens with two attached hydrogens (primary N) is 1. The molecular formula is C15H10F3N3O. The molecule has 2 N–H and O–H groups in total. The van der Waals surface area contributed by atoms with E-state index in [1.54, 1.807) is 6.07 Å². The number of rotatable bonds is 1. The minimum Gasteiger partial charge on any atom is -0.399 e. The largest absolute Gasteiger partial charge is 0.450 e. The van der Waals surface area contributed by atoms with E-state index in [1.165, 1.54) is 42.5 Å². The lowest BCUT2D eigenvalue weighted by Gasteiger charge is -2.15. The number of halogens is 3. The summed E-state index contributed by atoms with van der Waals surface area (Å²) in [5.74, 6) is -1.26. The Labute approximate surface area is 122 Å². The Kier molecular flexibility index (Phi) is 3.13. The summed E-state index contributed by atoms with van der Waals surface area (Å²) in [5.41, 5.74) is 5.21. The van der Waals surface area contributed by atoms with Crippen molar-refractivity contribution in [2.75, 3.05) is 5.73 Å². The summed E-state index contributed by atoms with van der Waals surface area (Å²) in [6, 6.07) is 11.5. The molecule has 0 fully saturated rings. The molecule has 0 saturated heterocycles.